The summed E-state index contributed by atoms with van der Waals surface area (Å²) in [6, 6.07) is 0.688. The van der Waals surface area contributed by atoms with Crippen molar-refractivity contribution in [2.45, 2.75) is 72.3 Å². The molecule has 1 heterocycles. The number of nitrogens with one attached hydrogen (secondary N) is 1. The van der Waals surface area contributed by atoms with Crippen molar-refractivity contribution in [3.8, 4) is 0 Å². The van der Waals surface area contributed by atoms with Gasteiger partial charge in [-0.3, -0.25) is 0 Å². The van der Waals surface area contributed by atoms with E-state index in [0.29, 0.717) is 6.04 Å². The van der Waals surface area contributed by atoms with E-state index in [1.54, 1.807) is 0 Å². The smallest absolute Gasteiger partial charge is 0.0220 e. The van der Waals surface area contributed by atoms with Gasteiger partial charge in [0.2, 0.25) is 0 Å². The molecule has 0 saturated carbocycles. The molecule has 1 aliphatic heterocycles. The average Bonchev–Trinajstić information content (AvgIpc) is 2.44. The van der Waals surface area contributed by atoms with Crippen LogP contribution in [0.4, 0.5) is 0 Å². The molecule has 2 nitrogen and oxygen atoms in total. The molecule has 19 heavy (non-hydrogen) atoms. The molecule has 1 saturated heterocycles. The van der Waals surface area contributed by atoms with Gasteiger partial charge in [-0.2, -0.15) is 0 Å². The Balaban J connectivity index is 2.34. The van der Waals surface area contributed by atoms with Gasteiger partial charge in [-0.1, -0.05) is 47.0 Å². The Morgan fingerprint density at radius 1 is 1.11 bits per heavy atom. The summed E-state index contributed by atoms with van der Waals surface area (Å²) in [4.78, 5) is 2.70. The van der Waals surface area contributed by atoms with Gasteiger partial charge in [0.05, 0.1) is 0 Å². The molecule has 0 aromatic carbocycles. The zero-order valence-corrected chi connectivity index (χ0v) is 13.8. The molecule has 2 unspecified atom stereocenters. The van der Waals surface area contributed by atoms with Gasteiger partial charge in [0, 0.05) is 12.6 Å². The third-order valence-corrected chi connectivity index (χ3v) is 4.85. The fourth-order valence-corrected chi connectivity index (χ4v) is 3.20. The van der Waals surface area contributed by atoms with Crippen LogP contribution in [-0.4, -0.2) is 37.1 Å². The molecule has 2 atom stereocenters. The first-order chi connectivity index (χ1) is 9.21. The van der Waals surface area contributed by atoms with Crippen molar-refractivity contribution < 1.29 is 0 Å². The van der Waals surface area contributed by atoms with Gasteiger partial charge in [-0.05, 0) is 50.7 Å². The third kappa shape index (κ3) is 6.27. The minimum absolute atomic E-state index is 0.688. The minimum Gasteiger partial charge on any atom is -0.312 e. The molecule has 0 bridgehead atoms. The van der Waals surface area contributed by atoms with Crippen molar-refractivity contribution in [1.29, 1.82) is 0 Å². The maximum atomic E-state index is 3.76. The first-order valence-electron chi connectivity index (χ1n) is 8.66. The number of hydrogen-bond donors (Lipinski definition) is 1. The lowest BCUT2D eigenvalue weighted by molar-refractivity contribution is 0.149. The van der Waals surface area contributed by atoms with Crippen LogP contribution in [0.2, 0.25) is 0 Å². The van der Waals surface area contributed by atoms with E-state index in [1.165, 1.54) is 64.7 Å². The minimum atomic E-state index is 0.688. The SMILES string of the molecule is CCCNC(CN1CCC(CCC)CC1)C(C)CC. The van der Waals surface area contributed by atoms with Crippen LogP contribution in [0.25, 0.3) is 0 Å². The van der Waals surface area contributed by atoms with E-state index < -0.39 is 0 Å². The van der Waals surface area contributed by atoms with Crippen LogP contribution < -0.4 is 5.32 Å². The Bertz CT molecular complexity index is 209. The van der Waals surface area contributed by atoms with E-state index in [9.17, 15) is 0 Å². The highest BCUT2D eigenvalue weighted by Crippen LogP contribution is 2.22. The maximum Gasteiger partial charge on any atom is 0.0220 e. The Morgan fingerprint density at radius 3 is 2.32 bits per heavy atom. The van der Waals surface area contributed by atoms with Crippen molar-refractivity contribution in [2.75, 3.05) is 26.2 Å². The second-order valence-electron chi connectivity index (χ2n) is 6.48. The quantitative estimate of drug-likeness (QED) is 0.682. The molecule has 0 amide bonds. The molecule has 2 heteroatoms. The highest BCUT2D eigenvalue weighted by Gasteiger charge is 2.23. The summed E-state index contributed by atoms with van der Waals surface area (Å²) in [7, 11) is 0. The molecule has 1 fully saturated rings. The number of nitrogens with zero attached hydrogens (tertiary/aromatic N) is 1. The predicted octanol–water partition coefficient (Wildman–Crippen LogP) is 3.91. The summed E-state index contributed by atoms with van der Waals surface area (Å²) in [5.41, 5.74) is 0. The van der Waals surface area contributed by atoms with E-state index >= 15 is 0 Å². The summed E-state index contributed by atoms with van der Waals surface area (Å²) in [5, 5.41) is 3.76. The van der Waals surface area contributed by atoms with Gasteiger partial charge in [0.1, 0.15) is 0 Å². The fraction of sp³-hybridized carbons (Fsp3) is 1.00. The van der Waals surface area contributed by atoms with Crippen LogP contribution in [-0.2, 0) is 0 Å². The van der Waals surface area contributed by atoms with E-state index in [-0.39, 0.29) is 0 Å². The zero-order chi connectivity index (χ0) is 14.1. The molecule has 0 spiro atoms. The predicted molar refractivity (Wildman–Crippen MR) is 85.6 cm³/mol. The lowest BCUT2D eigenvalue weighted by Crippen LogP contribution is -2.47. The van der Waals surface area contributed by atoms with Gasteiger partial charge in [-0.15, -0.1) is 0 Å². The normalized spacial score (nSPS) is 21.5. The summed E-state index contributed by atoms with van der Waals surface area (Å²) < 4.78 is 0. The molecule has 1 rings (SSSR count). The van der Waals surface area contributed by atoms with Gasteiger partial charge >= 0.3 is 0 Å². The average molecular weight is 268 g/mol. The summed E-state index contributed by atoms with van der Waals surface area (Å²) in [6.07, 6.45) is 8.18. The van der Waals surface area contributed by atoms with Crippen LogP contribution in [0.1, 0.15) is 66.2 Å². The van der Waals surface area contributed by atoms with Crippen molar-refractivity contribution in [3.05, 3.63) is 0 Å². The summed E-state index contributed by atoms with van der Waals surface area (Å²) >= 11 is 0. The van der Waals surface area contributed by atoms with Crippen LogP contribution in [0.5, 0.6) is 0 Å². The molecule has 0 aromatic rings. The molecule has 1 N–H and O–H groups in total. The van der Waals surface area contributed by atoms with Gasteiger partial charge in [0.15, 0.2) is 0 Å². The lowest BCUT2D eigenvalue weighted by Gasteiger charge is -2.36. The second kappa shape index (κ2) is 9.77. The summed E-state index contributed by atoms with van der Waals surface area (Å²) in [6.45, 7) is 14.4. The summed E-state index contributed by atoms with van der Waals surface area (Å²) in [5.74, 6) is 1.80. The Morgan fingerprint density at radius 2 is 1.79 bits per heavy atom. The molecule has 0 radical (unpaired) electrons. The topological polar surface area (TPSA) is 15.3 Å². The first kappa shape index (κ1) is 17.0. The Kier molecular flexibility index (Phi) is 8.72. The number of rotatable bonds is 9. The number of piperidine rings is 1. The van der Waals surface area contributed by atoms with E-state index in [4.69, 9.17) is 0 Å². The Labute approximate surface area is 121 Å². The lowest BCUT2D eigenvalue weighted by atomic mass is 9.91. The zero-order valence-electron chi connectivity index (χ0n) is 13.8. The third-order valence-electron chi connectivity index (χ3n) is 4.85. The van der Waals surface area contributed by atoms with Crippen LogP contribution >= 0.6 is 0 Å². The van der Waals surface area contributed by atoms with E-state index in [0.717, 1.165) is 11.8 Å². The van der Waals surface area contributed by atoms with Crippen LogP contribution in [0.3, 0.4) is 0 Å². The largest absolute Gasteiger partial charge is 0.312 e. The molecule has 0 aromatic heterocycles. The molecular weight excluding hydrogens is 232 g/mol. The molecular formula is C17H36N2. The monoisotopic (exact) mass is 268 g/mol. The van der Waals surface area contributed by atoms with Gasteiger partial charge in [0.25, 0.3) is 0 Å². The van der Waals surface area contributed by atoms with Gasteiger partial charge < -0.3 is 10.2 Å². The van der Waals surface area contributed by atoms with Crippen molar-refractivity contribution in [3.63, 3.8) is 0 Å². The standard InChI is InChI=1S/C17H36N2/c1-5-8-16-9-12-19(13-10-16)14-17(15(4)7-3)18-11-6-2/h15-18H,5-14H2,1-4H3. The first-order valence-corrected chi connectivity index (χ1v) is 8.66. The molecule has 0 aliphatic carbocycles. The highest BCUT2D eigenvalue weighted by atomic mass is 15.2. The van der Waals surface area contributed by atoms with Crippen molar-refractivity contribution in [1.82, 2.24) is 10.2 Å². The van der Waals surface area contributed by atoms with E-state index in [2.05, 4.69) is 37.9 Å². The molecule has 114 valence electrons. The van der Waals surface area contributed by atoms with Crippen LogP contribution in [0.15, 0.2) is 0 Å². The van der Waals surface area contributed by atoms with Crippen molar-refractivity contribution >= 4 is 0 Å². The highest BCUT2D eigenvalue weighted by molar-refractivity contribution is 4.80. The maximum absolute atomic E-state index is 3.76. The fourth-order valence-electron chi connectivity index (χ4n) is 3.20. The van der Waals surface area contributed by atoms with Gasteiger partial charge in [-0.25, -0.2) is 0 Å². The van der Waals surface area contributed by atoms with Crippen LogP contribution in [0, 0.1) is 11.8 Å². The number of hydrogen-bond acceptors (Lipinski definition) is 2. The number of likely N-dealkylation sites (tertiary alicyclic amines) is 1. The second-order valence-corrected chi connectivity index (χ2v) is 6.48. The Hall–Kier alpha value is -0.0800. The van der Waals surface area contributed by atoms with E-state index in [1.807, 2.05) is 0 Å². The van der Waals surface area contributed by atoms with Crippen molar-refractivity contribution in [2.24, 2.45) is 11.8 Å². The molecule has 1 aliphatic rings.